The van der Waals surface area contributed by atoms with Crippen LogP contribution in [0.15, 0.2) is 0 Å². The molecule has 3 saturated carbocycles. The summed E-state index contributed by atoms with van der Waals surface area (Å²) in [5.41, 5.74) is 0. The van der Waals surface area contributed by atoms with Crippen molar-refractivity contribution < 1.29 is 61.6 Å². The molecule has 0 N–H and O–H groups in total. The van der Waals surface area contributed by atoms with Crippen LogP contribution in [0.4, 0.5) is 0 Å². The van der Waals surface area contributed by atoms with Gasteiger partial charge in [-0.2, -0.15) is 0 Å². The highest BCUT2D eigenvalue weighted by Crippen LogP contribution is 2.44. The third-order valence-corrected chi connectivity index (χ3v) is 18.7. The second kappa shape index (κ2) is 38.5. The summed E-state index contributed by atoms with van der Waals surface area (Å²) in [7, 11) is 0. The molecule has 10 fully saturated rings. The average Bonchev–Trinajstić information content (AvgIpc) is 4.24. The molecule has 0 bridgehead atoms. The molecule has 0 aromatic carbocycles. The van der Waals surface area contributed by atoms with E-state index >= 15 is 0 Å². The van der Waals surface area contributed by atoms with Gasteiger partial charge in [0.15, 0.2) is 34.7 Å². The van der Waals surface area contributed by atoms with Crippen LogP contribution in [-0.2, 0) is 61.6 Å². The van der Waals surface area contributed by atoms with Crippen LogP contribution < -0.4 is 0 Å². The largest absolute Gasteiger partial charge is 0.381 e. The van der Waals surface area contributed by atoms with Crippen LogP contribution in [0.2, 0.25) is 0 Å². The van der Waals surface area contributed by atoms with Crippen molar-refractivity contribution in [2.24, 2.45) is 35.5 Å². The van der Waals surface area contributed by atoms with Crippen LogP contribution >= 0.6 is 0 Å². The van der Waals surface area contributed by atoms with Crippen LogP contribution in [-0.4, -0.2) is 124 Å². The fourth-order valence-corrected chi connectivity index (χ4v) is 12.9. The predicted octanol–water partition coefficient (Wildman–Crippen LogP) is 18.6. The molecule has 7 saturated heterocycles. The molecular weight excluding hydrogens is 1070 g/mol. The summed E-state index contributed by atoms with van der Waals surface area (Å²) >= 11 is 0. The molecule has 4 spiro atoms. The maximum atomic E-state index is 6.12. The van der Waals surface area contributed by atoms with E-state index in [0.717, 1.165) is 172 Å². The van der Waals surface area contributed by atoms with Gasteiger partial charge in [-0.05, 0) is 165 Å². The summed E-state index contributed by atoms with van der Waals surface area (Å²) in [6, 6.07) is 0. The Morgan fingerprint density at radius 1 is 0.318 bits per heavy atom. The molecule has 6 atom stereocenters. The fraction of sp³-hybridized carbons (Fsp3) is 1.00. The molecule has 0 aromatic heterocycles. The number of ether oxygens (including phenoxy) is 13. The molecule has 85 heavy (non-hydrogen) atoms. The minimum absolute atomic E-state index is 0. The van der Waals surface area contributed by atoms with E-state index in [2.05, 4.69) is 96.9 Å². The fourth-order valence-electron chi connectivity index (χ4n) is 12.9. The summed E-state index contributed by atoms with van der Waals surface area (Å²) in [5, 5.41) is 0. The second-order valence-corrected chi connectivity index (χ2v) is 29.9. The summed E-state index contributed by atoms with van der Waals surface area (Å²) in [5.74, 6) is 3.30. The van der Waals surface area contributed by atoms with E-state index in [9.17, 15) is 0 Å². The van der Waals surface area contributed by atoms with Crippen molar-refractivity contribution in [1.82, 2.24) is 0 Å². The molecule has 0 aromatic rings. The molecule has 7 heterocycles. The van der Waals surface area contributed by atoms with Gasteiger partial charge in [-0.1, -0.05) is 124 Å². The molecule has 10 rings (SSSR count). The van der Waals surface area contributed by atoms with Crippen molar-refractivity contribution in [1.29, 1.82) is 0 Å². The number of hydrogen-bond donors (Lipinski definition) is 0. The lowest BCUT2D eigenvalue weighted by molar-refractivity contribution is -0.216. The first-order chi connectivity index (χ1) is 39.9. The number of hydrogen-bond acceptors (Lipinski definition) is 13. The van der Waals surface area contributed by atoms with E-state index in [1.54, 1.807) is 0 Å². The highest BCUT2D eigenvalue weighted by atomic mass is 16.8. The van der Waals surface area contributed by atoms with Gasteiger partial charge in [-0.25, -0.2) is 0 Å². The van der Waals surface area contributed by atoms with E-state index < -0.39 is 0 Å². The van der Waals surface area contributed by atoms with Crippen LogP contribution in [0.3, 0.4) is 0 Å². The van der Waals surface area contributed by atoms with Gasteiger partial charge in [0.25, 0.3) is 0 Å². The van der Waals surface area contributed by atoms with E-state index in [4.69, 9.17) is 61.6 Å². The zero-order chi connectivity index (χ0) is 61.3. The van der Waals surface area contributed by atoms with E-state index in [1.807, 2.05) is 13.8 Å². The quantitative estimate of drug-likeness (QED) is 0.109. The van der Waals surface area contributed by atoms with Gasteiger partial charge in [0.2, 0.25) is 0 Å². The highest BCUT2D eigenvalue weighted by Gasteiger charge is 2.47. The third kappa shape index (κ3) is 28.5. The van der Waals surface area contributed by atoms with Gasteiger partial charge in [0.05, 0.1) is 89.5 Å². The van der Waals surface area contributed by atoms with Crippen molar-refractivity contribution in [2.75, 3.05) is 52.9 Å². The van der Waals surface area contributed by atoms with Gasteiger partial charge >= 0.3 is 0 Å². The topological polar surface area (TPSA) is 120 Å². The predicted molar refractivity (Wildman–Crippen MR) is 345 cm³/mol. The smallest absolute Gasteiger partial charge is 0.173 e. The van der Waals surface area contributed by atoms with E-state index in [-0.39, 0.29) is 42.1 Å². The second-order valence-electron chi connectivity index (χ2n) is 29.9. The Bertz CT molecular complexity index is 1620. The molecular formula is C72H138O13. The Hall–Kier alpha value is -0.520. The lowest BCUT2D eigenvalue weighted by atomic mass is 9.91. The lowest BCUT2D eigenvalue weighted by Gasteiger charge is -2.36. The van der Waals surface area contributed by atoms with Gasteiger partial charge < -0.3 is 61.6 Å². The van der Waals surface area contributed by atoms with Crippen molar-refractivity contribution >= 4 is 0 Å². The molecule has 13 nitrogen and oxygen atoms in total. The lowest BCUT2D eigenvalue weighted by Crippen LogP contribution is -2.38. The van der Waals surface area contributed by atoms with Crippen LogP contribution in [0.1, 0.15) is 304 Å². The first-order valence-electron chi connectivity index (χ1n) is 35.4. The minimum Gasteiger partial charge on any atom is -0.381 e. The molecule has 7 aliphatic heterocycles. The third-order valence-electron chi connectivity index (χ3n) is 18.7. The zero-order valence-electron chi connectivity index (χ0n) is 57.4. The Kier molecular flexibility index (Phi) is 34.8. The SMILES string of the molecule is C.CC(C)CCC1COC(C)(C)O1.CC(C)CCC1COC2(CCCC2)O1.CC(C)CCC1COC2(CCCCC2)O1.CC(C)CCC1COC2(CCOCC2)O1.CC(C)CCCC1COC2(CCC2)O1.CCC1(CC)OCC(CCC(C)C)O1. The van der Waals surface area contributed by atoms with Crippen LogP contribution in [0, 0.1) is 35.5 Å². The van der Waals surface area contributed by atoms with Crippen LogP contribution in [0.25, 0.3) is 0 Å². The maximum Gasteiger partial charge on any atom is 0.173 e. The summed E-state index contributed by atoms with van der Waals surface area (Å²) < 4.78 is 75.6. The minimum atomic E-state index is -0.346. The molecule has 10 aliphatic rings. The number of rotatable bonds is 21. The van der Waals surface area contributed by atoms with Crippen molar-refractivity contribution in [3.63, 3.8) is 0 Å². The van der Waals surface area contributed by atoms with Gasteiger partial charge in [0.1, 0.15) is 0 Å². The maximum absolute atomic E-state index is 6.12. The first-order valence-corrected chi connectivity index (χ1v) is 35.4. The molecule has 6 unspecified atom stereocenters. The monoisotopic (exact) mass is 1210 g/mol. The first kappa shape index (κ1) is 76.9. The average molecular weight is 1210 g/mol. The summed E-state index contributed by atoms with van der Waals surface area (Å²) in [6.45, 7) is 41.7. The Morgan fingerprint density at radius 2 is 0.612 bits per heavy atom. The Morgan fingerprint density at radius 3 is 0.918 bits per heavy atom. The normalized spacial score (nSPS) is 28.9. The Labute approximate surface area is 523 Å². The van der Waals surface area contributed by atoms with Gasteiger partial charge in [-0.3, -0.25) is 0 Å². The van der Waals surface area contributed by atoms with Crippen LogP contribution in [0.5, 0.6) is 0 Å². The molecule has 3 aliphatic carbocycles. The van der Waals surface area contributed by atoms with Gasteiger partial charge in [0, 0.05) is 51.4 Å². The summed E-state index contributed by atoms with van der Waals surface area (Å²) in [4.78, 5) is 0. The molecule has 0 radical (unpaired) electrons. The standard InChI is InChI=1S/C13H24O2.C12H22O3.2C12H22O2.C12H24O2.C10H20O2.CH4/c1-11(2)6-7-12-10-14-13(15-12)8-4-3-5-9-13;1-10(2)3-4-11-9-14-12(15-11)5-7-13-8-6-12;1-10(2)5-3-6-11-9-13-12(14-11)7-4-8-12;1-10(2)5-6-11-9-13-12(14-11)7-3-4-8-12;1-5-12(6-2)13-9-11(14-12)8-7-10(3)4;1-8(2)5-6-9-7-11-10(3,4)12-9;/h11-12H,3-10H2,1-2H3;10-11H,3-9H2,1-2H3;2*10-11H,3-9H2,1-2H3;10-11H,5-9H2,1-4H3;8-9H,5-7H2,1-4H3;1H4. The van der Waals surface area contributed by atoms with Crippen molar-refractivity contribution in [2.45, 2.75) is 376 Å². The Balaban J connectivity index is 0.000000218. The molecule has 0 amide bonds. The van der Waals surface area contributed by atoms with E-state index in [0.29, 0.717) is 36.6 Å². The highest BCUT2D eigenvalue weighted by molar-refractivity contribution is 4.88. The van der Waals surface area contributed by atoms with Gasteiger partial charge in [-0.15, -0.1) is 0 Å². The van der Waals surface area contributed by atoms with Crippen molar-refractivity contribution in [3.8, 4) is 0 Å². The zero-order valence-corrected chi connectivity index (χ0v) is 57.4. The summed E-state index contributed by atoms with van der Waals surface area (Å²) in [6.07, 6.45) is 35.9. The van der Waals surface area contributed by atoms with Crippen molar-refractivity contribution in [3.05, 3.63) is 0 Å². The molecule has 13 heteroatoms. The molecule has 504 valence electrons. The van der Waals surface area contributed by atoms with E-state index in [1.165, 1.54) is 103 Å².